The molecule has 0 aliphatic heterocycles. The van der Waals surface area contributed by atoms with Crippen molar-refractivity contribution in [1.82, 2.24) is 0 Å². The molecule has 88 valence electrons. The van der Waals surface area contributed by atoms with Crippen molar-refractivity contribution in [2.75, 3.05) is 30.9 Å². The minimum atomic E-state index is 0.707. The van der Waals surface area contributed by atoms with Gasteiger partial charge in [0, 0.05) is 31.1 Å². The Balaban J connectivity index is 2.14. The molecule has 1 aromatic rings. The quantitative estimate of drug-likeness (QED) is 0.773. The van der Waals surface area contributed by atoms with Gasteiger partial charge in [0.2, 0.25) is 0 Å². The van der Waals surface area contributed by atoms with E-state index in [1.807, 2.05) is 6.07 Å². The van der Waals surface area contributed by atoms with Crippen molar-refractivity contribution in [2.45, 2.75) is 25.8 Å². The Morgan fingerprint density at radius 1 is 1.44 bits per heavy atom. The van der Waals surface area contributed by atoms with Crippen molar-refractivity contribution in [3.05, 3.63) is 23.8 Å². The molecule has 1 aliphatic rings. The molecule has 0 bridgehead atoms. The lowest BCUT2D eigenvalue weighted by atomic mass is 10.1. The van der Waals surface area contributed by atoms with Gasteiger partial charge < -0.3 is 15.4 Å². The van der Waals surface area contributed by atoms with Crippen LogP contribution in [0.1, 0.15) is 18.4 Å². The number of anilines is 2. The van der Waals surface area contributed by atoms with Crippen LogP contribution < -0.4 is 10.6 Å². The minimum Gasteiger partial charge on any atom is -0.399 e. The summed E-state index contributed by atoms with van der Waals surface area (Å²) in [6.45, 7) is 3.80. The number of benzene rings is 1. The summed E-state index contributed by atoms with van der Waals surface area (Å²) in [7, 11) is 1.75. The fourth-order valence-electron chi connectivity index (χ4n) is 1.94. The predicted molar refractivity (Wildman–Crippen MR) is 67.8 cm³/mol. The van der Waals surface area contributed by atoms with Gasteiger partial charge in [0.05, 0.1) is 6.61 Å². The lowest BCUT2D eigenvalue weighted by Gasteiger charge is -2.25. The van der Waals surface area contributed by atoms with E-state index >= 15 is 0 Å². The standard InChI is InChI=1S/C13H20N2O/c1-10-9-12(5-6-13(10)14)15(7-8-16-2)11-3-4-11/h5-6,9,11H,3-4,7-8,14H2,1-2H3. The Labute approximate surface area is 97.2 Å². The zero-order valence-electron chi connectivity index (χ0n) is 10.1. The van der Waals surface area contributed by atoms with Crippen molar-refractivity contribution >= 4 is 11.4 Å². The smallest absolute Gasteiger partial charge is 0.0637 e. The fraction of sp³-hybridized carbons (Fsp3) is 0.538. The number of ether oxygens (including phenoxy) is 1. The summed E-state index contributed by atoms with van der Waals surface area (Å²) in [6, 6.07) is 6.98. The molecule has 1 aliphatic carbocycles. The summed E-state index contributed by atoms with van der Waals surface area (Å²) in [6.07, 6.45) is 2.60. The zero-order valence-corrected chi connectivity index (χ0v) is 10.1. The molecule has 3 heteroatoms. The third kappa shape index (κ3) is 2.47. The minimum absolute atomic E-state index is 0.707. The molecule has 0 spiro atoms. The molecule has 1 fully saturated rings. The van der Waals surface area contributed by atoms with E-state index in [0.717, 1.165) is 24.4 Å². The van der Waals surface area contributed by atoms with Gasteiger partial charge in [-0.3, -0.25) is 0 Å². The number of hydrogen-bond acceptors (Lipinski definition) is 3. The van der Waals surface area contributed by atoms with Gasteiger partial charge in [-0.15, -0.1) is 0 Å². The summed E-state index contributed by atoms with van der Waals surface area (Å²) in [4.78, 5) is 2.43. The highest BCUT2D eigenvalue weighted by atomic mass is 16.5. The molecule has 0 saturated heterocycles. The molecular weight excluding hydrogens is 200 g/mol. The van der Waals surface area contributed by atoms with Gasteiger partial charge in [0.15, 0.2) is 0 Å². The van der Waals surface area contributed by atoms with Crippen LogP contribution in [0.3, 0.4) is 0 Å². The van der Waals surface area contributed by atoms with Crippen LogP contribution >= 0.6 is 0 Å². The molecule has 0 amide bonds. The summed E-state index contributed by atoms with van der Waals surface area (Å²) in [5.74, 6) is 0. The predicted octanol–water partition coefficient (Wildman–Crippen LogP) is 2.19. The molecular formula is C13H20N2O. The topological polar surface area (TPSA) is 38.5 Å². The fourth-order valence-corrected chi connectivity index (χ4v) is 1.94. The van der Waals surface area contributed by atoms with Gasteiger partial charge in [0.1, 0.15) is 0 Å². The number of nitrogens with zero attached hydrogens (tertiary/aromatic N) is 1. The number of rotatable bonds is 5. The molecule has 0 aromatic heterocycles. The maximum absolute atomic E-state index is 5.84. The van der Waals surface area contributed by atoms with E-state index in [0.29, 0.717) is 6.04 Å². The van der Waals surface area contributed by atoms with E-state index in [1.165, 1.54) is 18.5 Å². The van der Waals surface area contributed by atoms with Crippen molar-refractivity contribution in [3.8, 4) is 0 Å². The number of nitrogens with two attached hydrogens (primary N) is 1. The summed E-state index contributed by atoms with van der Waals surface area (Å²) in [5, 5.41) is 0. The zero-order chi connectivity index (χ0) is 11.5. The van der Waals surface area contributed by atoms with Gasteiger partial charge in [-0.2, -0.15) is 0 Å². The van der Waals surface area contributed by atoms with Gasteiger partial charge in [0.25, 0.3) is 0 Å². The molecule has 2 N–H and O–H groups in total. The summed E-state index contributed by atoms with van der Waals surface area (Å²) >= 11 is 0. The van der Waals surface area contributed by atoms with E-state index in [4.69, 9.17) is 10.5 Å². The summed E-state index contributed by atoms with van der Waals surface area (Å²) in [5.41, 5.74) is 9.13. The van der Waals surface area contributed by atoms with Crippen molar-refractivity contribution in [3.63, 3.8) is 0 Å². The van der Waals surface area contributed by atoms with Gasteiger partial charge >= 0.3 is 0 Å². The summed E-state index contributed by atoms with van der Waals surface area (Å²) < 4.78 is 5.16. The Hall–Kier alpha value is -1.22. The van der Waals surface area contributed by atoms with Gasteiger partial charge in [-0.05, 0) is 43.5 Å². The molecule has 1 saturated carbocycles. The van der Waals surface area contributed by atoms with E-state index in [1.54, 1.807) is 7.11 Å². The highest BCUT2D eigenvalue weighted by Crippen LogP contribution is 2.32. The average molecular weight is 220 g/mol. The monoisotopic (exact) mass is 220 g/mol. The number of aryl methyl sites for hydroxylation is 1. The van der Waals surface area contributed by atoms with Crippen molar-refractivity contribution in [2.24, 2.45) is 0 Å². The Morgan fingerprint density at radius 2 is 2.19 bits per heavy atom. The molecule has 0 atom stereocenters. The highest BCUT2D eigenvalue weighted by Gasteiger charge is 2.28. The third-order valence-electron chi connectivity index (χ3n) is 3.11. The Morgan fingerprint density at radius 3 is 2.75 bits per heavy atom. The van der Waals surface area contributed by atoms with Crippen molar-refractivity contribution in [1.29, 1.82) is 0 Å². The van der Waals surface area contributed by atoms with Gasteiger partial charge in [-0.25, -0.2) is 0 Å². The normalized spacial score (nSPS) is 15.1. The maximum atomic E-state index is 5.84. The van der Waals surface area contributed by atoms with Crippen LogP contribution in [-0.2, 0) is 4.74 Å². The molecule has 16 heavy (non-hydrogen) atoms. The number of methoxy groups -OCH3 is 1. The van der Waals surface area contributed by atoms with E-state index in [9.17, 15) is 0 Å². The Kier molecular flexibility index (Phi) is 3.34. The first-order valence-electron chi connectivity index (χ1n) is 5.84. The number of hydrogen-bond donors (Lipinski definition) is 1. The van der Waals surface area contributed by atoms with Crippen LogP contribution in [0.5, 0.6) is 0 Å². The van der Waals surface area contributed by atoms with E-state index in [-0.39, 0.29) is 0 Å². The molecule has 1 aromatic carbocycles. The third-order valence-corrected chi connectivity index (χ3v) is 3.11. The lowest BCUT2D eigenvalue weighted by Crippen LogP contribution is -2.29. The van der Waals surface area contributed by atoms with Crippen LogP contribution in [0.4, 0.5) is 11.4 Å². The van der Waals surface area contributed by atoms with Crippen LogP contribution in [-0.4, -0.2) is 26.3 Å². The second-order valence-electron chi connectivity index (χ2n) is 4.46. The second kappa shape index (κ2) is 4.74. The largest absolute Gasteiger partial charge is 0.399 e. The highest BCUT2D eigenvalue weighted by molar-refractivity contribution is 5.59. The molecule has 3 nitrogen and oxygen atoms in total. The molecule has 0 unspecified atom stereocenters. The maximum Gasteiger partial charge on any atom is 0.0637 e. The van der Waals surface area contributed by atoms with E-state index < -0.39 is 0 Å². The molecule has 0 heterocycles. The number of nitrogen functional groups attached to an aromatic ring is 1. The molecule has 0 radical (unpaired) electrons. The SMILES string of the molecule is COCCN(c1ccc(N)c(C)c1)C1CC1. The molecule has 2 rings (SSSR count). The van der Waals surface area contributed by atoms with Crippen LogP contribution in [0, 0.1) is 6.92 Å². The first-order valence-corrected chi connectivity index (χ1v) is 5.84. The van der Waals surface area contributed by atoms with Crippen LogP contribution in [0.2, 0.25) is 0 Å². The van der Waals surface area contributed by atoms with Gasteiger partial charge in [-0.1, -0.05) is 0 Å². The second-order valence-corrected chi connectivity index (χ2v) is 4.46. The lowest BCUT2D eigenvalue weighted by molar-refractivity contribution is 0.205. The van der Waals surface area contributed by atoms with Crippen LogP contribution in [0.15, 0.2) is 18.2 Å². The van der Waals surface area contributed by atoms with Crippen LogP contribution in [0.25, 0.3) is 0 Å². The first-order chi connectivity index (χ1) is 7.72. The first kappa shape index (κ1) is 11.3. The average Bonchev–Trinajstić information content (AvgIpc) is 3.08. The van der Waals surface area contributed by atoms with E-state index in [2.05, 4.69) is 24.0 Å². The Bertz CT molecular complexity index is 361. The van der Waals surface area contributed by atoms with Crippen molar-refractivity contribution < 1.29 is 4.74 Å².